The average Bonchev–Trinajstić information content (AvgIpc) is 3.06. The van der Waals surface area contributed by atoms with Crippen LogP contribution in [0.25, 0.3) is 16.5 Å². The molecule has 2 radical (unpaired) electrons. The fourth-order valence-electron chi connectivity index (χ4n) is 2.22. The number of nitrogens with one attached hydrogen (secondary N) is 1. The van der Waals surface area contributed by atoms with Gasteiger partial charge in [-0.15, -0.1) is 46.6 Å². The number of halogens is 2. The summed E-state index contributed by atoms with van der Waals surface area (Å²) < 4.78 is 0. The van der Waals surface area contributed by atoms with Gasteiger partial charge in [0, 0.05) is 22.3 Å². The van der Waals surface area contributed by atoms with Crippen LogP contribution in [-0.2, 0) is 17.0 Å². The number of anilines is 2. The third kappa shape index (κ3) is 12.0. The maximum atomic E-state index is 6.94. The molecule has 3 aromatic rings. The molecule has 0 aliphatic carbocycles. The number of rotatable bonds is 2. The molecule has 0 unspecified atom stereocenters. The van der Waals surface area contributed by atoms with Gasteiger partial charge in [0.1, 0.15) is 0 Å². The van der Waals surface area contributed by atoms with E-state index in [0.717, 1.165) is 9.52 Å². The van der Waals surface area contributed by atoms with Gasteiger partial charge in [0.05, 0.1) is 0 Å². The van der Waals surface area contributed by atoms with Crippen LogP contribution in [0.4, 0.5) is 11.4 Å². The van der Waals surface area contributed by atoms with Gasteiger partial charge >= 0.3 is 35.6 Å². The Morgan fingerprint density at radius 1 is 0.964 bits per heavy atom. The summed E-state index contributed by atoms with van der Waals surface area (Å²) in [4.78, 5) is 2.22. The Bertz CT molecular complexity index is 750. The summed E-state index contributed by atoms with van der Waals surface area (Å²) in [7, 11) is 13.0. The zero-order chi connectivity index (χ0) is 21.6. The Morgan fingerprint density at radius 3 is 1.89 bits per heavy atom. The summed E-state index contributed by atoms with van der Waals surface area (Å²) in [6.07, 6.45) is 0. The second-order valence-corrected chi connectivity index (χ2v) is 10.6. The predicted octanol–water partition coefficient (Wildman–Crippen LogP) is 8.33. The van der Waals surface area contributed by atoms with Crippen LogP contribution in [0.5, 0.6) is 0 Å². The van der Waals surface area contributed by atoms with E-state index in [1.165, 1.54) is 22.1 Å². The van der Waals surface area contributed by atoms with Gasteiger partial charge in [-0.25, -0.2) is 0 Å². The van der Waals surface area contributed by atoms with Crippen molar-refractivity contribution in [3.8, 4) is 0 Å². The van der Waals surface area contributed by atoms with E-state index in [1.54, 1.807) is 0 Å². The molecule has 0 heterocycles. The summed E-state index contributed by atoms with van der Waals surface area (Å²) in [5.41, 5.74) is 9.16. The second kappa shape index (κ2) is 15.2. The van der Waals surface area contributed by atoms with Crippen molar-refractivity contribution in [2.75, 3.05) is 11.9 Å². The van der Waals surface area contributed by atoms with E-state index in [0.29, 0.717) is 0 Å². The standard InChI is InChI=1S/C16H14N.C4H10N.C2H6Si.2ClH.Ti/c1-17(14-8-3-2-4-9-14)16-12-11-13-7-5-6-10-15(13)16;1-4(2,3)5;1-3-2;;;/h2-12H,1H3;5H,1-3H3;1-2H3;2*1H;/q2*-1;;;;+2/p-2. The topological polar surface area (TPSA) is 27.0 Å². The van der Waals surface area contributed by atoms with Crippen molar-refractivity contribution >= 4 is 50.3 Å². The zero-order valence-electron chi connectivity index (χ0n) is 17.6. The fourth-order valence-corrected chi connectivity index (χ4v) is 2.22. The van der Waals surface area contributed by atoms with Gasteiger partial charge in [-0.1, -0.05) is 63.8 Å². The third-order valence-corrected chi connectivity index (χ3v) is 3.16. The number of para-hydroxylation sites is 1. The van der Waals surface area contributed by atoms with E-state index >= 15 is 0 Å². The molecule has 0 amide bonds. The number of nitrogens with zero attached hydrogens (tertiary/aromatic N) is 1. The molecule has 0 spiro atoms. The predicted molar refractivity (Wildman–Crippen MR) is 127 cm³/mol. The van der Waals surface area contributed by atoms with Crippen molar-refractivity contribution in [1.82, 2.24) is 0 Å². The van der Waals surface area contributed by atoms with Crippen molar-refractivity contribution < 1.29 is 17.0 Å². The molecule has 3 rings (SSSR count). The number of hydrogen-bond donors (Lipinski definition) is 0. The van der Waals surface area contributed by atoms with Crippen LogP contribution >= 0.6 is 18.6 Å². The van der Waals surface area contributed by atoms with E-state index in [9.17, 15) is 0 Å². The van der Waals surface area contributed by atoms with Gasteiger partial charge in [0.2, 0.25) is 0 Å². The number of benzene rings is 2. The summed E-state index contributed by atoms with van der Waals surface area (Å²) in [5, 5.41) is 2.60. The first-order chi connectivity index (χ1) is 13.2. The van der Waals surface area contributed by atoms with Gasteiger partial charge in [0.15, 0.2) is 0 Å². The third-order valence-electron chi connectivity index (χ3n) is 3.16. The van der Waals surface area contributed by atoms with Crippen LogP contribution in [0.3, 0.4) is 0 Å². The van der Waals surface area contributed by atoms with Crippen LogP contribution in [0.1, 0.15) is 20.8 Å². The van der Waals surface area contributed by atoms with Crippen LogP contribution in [-0.4, -0.2) is 22.1 Å². The minimum absolute atomic E-state index is 0.250. The van der Waals surface area contributed by atoms with E-state index in [-0.39, 0.29) is 5.54 Å². The number of fused-ring (bicyclic) bond motifs is 1. The van der Waals surface area contributed by atoms with E-state index < -0.39 is 17.0 Å². The molecular weight excluding hydrogens is 439 g/mol. The summed E-state index contributed by atoms with van der Waals surface area (Å²) in [6.45, 7) is 9.87. The Hall–Kier alpha value is -0.679. The minimum atomic E-state index is -0.556. The normalized spacial score (nSPS) is 9.75. The quantitative estimate of drug-likeness (QED) is 0.274. The first-order valence-electron chi connectivity index (χ1n) is 8.92. The molecule has 152 valence electrons. The molecule has 0 bridgehead atoms. The Labute approximate surface area is 190 Å². The SMILES string of the molecule is CC(C)(C)[NH-].CN(c1ccccc1)c1c[cH-]c2ccccc12.C[Si]C.[Cl][Ti][Cl]. The molecule has 2 nitrogen and oxygen atoms in total. The van der Waals surface area contributed by atoms with Crippen LogP contribution < -0.4 is 4.90 Å². The van der Waals surface area contributed by atoms with E-state index in [1.807, 2.05) is 26.8 Å². The van der Waals surface area contributed by atoms with Crippen molar-refractivity contribution in [2.24, 2.45) is 0 Å². The molecule has 1 N–H and O–H groups in total. The average molecular weight is 469 g/mol. The van der Waals surface area contributed by atoms with Gasteiger partial charge < -0.3 is 10.6 Å². The van der Waals surface area contributed by atoms with Gasteiger partial charge in [0.25, 0.3) is 0 Å². The van der Waals surface area contributed by atoms with Gasteiger partial charge in [-0.3, -0.25) is 0 Å². The molecule has 0 atom stereocenters. The Kier molecular flexibility index (Phi) is 14.8. The monoisotopic (exact) mass is 468 g/mol. The molecule has 28 heavy (non-hydrogen) atoms. The fraction of sp³-hybridized carbons (Fsp3) is 0.318. The molecule has 0 aliphatic rings. The number of hydrogen-bond acceptors (Lipinski definition) is 1. The van der Waals surface area contributed by atoms with Crippen molar-refractivity contribution in [2.45, 2.75) is 39.4 Å². The summed E-state index contributed by atoms with van der Waals surface area (Å²) in [6, 6.07) is 23.3. The Morgan fingerprint density at radius 2 is 1.39 bits per heavy atom. The molecule has 0 saturated heterocycles. The molecular formula is C22H30Cl2N2SiTi-2. The van der Waals surface area contributed by atoms with E-state index in [2.05, 4.69) is 85.7 Å². The molecule has 0 aromatic heterocycles. The van der Waals surface area contributed by atoms with E-state index in [4.69, 9.17) is 24.3 Å². The Balaban J connectivity index is 0.000000557. The molecule has 0 aliphatic heterocycles. The molecule has 0 fully saturated rings. The van der Waals surface area contributed by atoms with Crippen LogP contribution in [0.2, 0.25) is 13.1 Å². The zero-order valence-corrected chi connectivity index (χ0v) is 21.6. The maximum absolute atomic E-state index is 6.94. The van der Waals surface area contributed by atoms with Crippen molar-refractivity contribution in [3.63, 3.8) is 0 Å². The summed E-state index contributed by atoms with van der Waals surface area (Å²) >= 11 is -0.556. The van der Waals surface area contributed by atoms with Gasteiger partial charge in [-0.05, 0) is 12.1 Å². The van der Waals surface area contributed by atoms with Crippen molar-refractivity contribution in [3.05, 3.63) is 72.5 Å². The second-order valence-electron chi connectivity index (χ2n) is 7.02. The van der Waals surface area contributed by atoms with Crippen molar-refractivity contribution in [1.29, 1.82) is 0 Å². The molecule has 6 heteroatoms. The summed E-state index contributed by atoms with van der Waals surface area (Å²) in [5.74, 6) is 0. The first kappa shape index (κ1) is 27.3. The van der Waals surface area contributed by atoms with Crippen LogP contribution in [0.15, 0.2) is 66.7 Å². The molecule has 0 saturated carbocycles. The van der Waals surface area contributed by atoms with Crippen LogP contribution in [0, 0.1) is 0 Å². The van der Waals surface area contributed by atoms with Gasteiger partial charge in [-0.2, -0.15) is 0 Å². The first-order valence-corrected chi connectivity index (χ1v) is 15.2. The molecule has 3 aromatic carbocycles.